The van der Waals surface area contributed by atoms with Gasteiger partial charge in [-0.1, -0.05) is 11.6 Å². The summed E-state index contributed by atoms with van der Waals surface area (Å²) in [6, 6.07) is 3.02. The van der Waals surface area contributed by atoms with E-state index >= 15 is 0 Å². The van der Waals surface area contributed by atoms with Gasteiger partial charge in [-0.2, -0.15) is 0 Å². The molecule has 0 bridgehead atoms. The highest BCUT2D eigenvalue weighted by Gasteiger charge is 2.12. The summed E-state index contributed by atoms with van der Waals surface area (Å²) in [5, 5.41) is 8.81. The second-order valence-corrected chi connectivity index (χ2v) is 5.88. The molecule has 2 heterocycles. The minimum Gasteiger partial charge on any atom is -0.475 e. The van der Waals surface area contributed by atoms with Gasteiger partial charge in [0, 0.05) is 17.3 Å². The topological polar surface area (TPSA) is 76.1 Å². The van der Waals surface area contributed by atoms with E-state index in [0.717, 1.165) is 10.7 Å². The van der Waals surface area contributed by atoms with Crippen LogP contribution >= 0.6 is 22.9 Å². The summed E-state index contributed by atoms with van der Waals surface area (Å²) >= 11 is 7.44. The molecule has 0 saturated heterocycles. The van der Waals surface area contributed by atoms with Gasteiger partial charge in [0.1, 0.15) is 16.6 Å². The van der Waals surface area contributed by atoms with Crippen molar-refractivity contribution in [3.63, 3.8) is 0 Å². The third-order valence-electron chi connectivity index (χ3n) is 2.71. The summed E-state index contributed by atoms with van der Waals surface area (Å²) in [7, 11) is 0. The summed E-state index contributed by atoms with van der Waals surface area (Å²) < 4.78 is 5.38. The number of urea groups is 1. The fourth-order valence-corrected chi connectivity index (χ4v) is 2.65. The van der Waals surface area contributed by atoms with Gasteiger partial charge in [0.2, 0.25) is 5.88 Å². The summed E-state index contributed by atoms with van der Waals surface area (Å²) in [5.74, 6) is 0.359. The number of aromatic nitrogens is 2. The number of halogens is 1. The van der Waals surface area contributed by atoms with Crippen LogP contribution in [0, 0.1) is 6.92 Å². The molecule has 22 heavy (non-hydrogen) atoms. The lowest BCUT2D eigenvalue weighted by Crippen LogP contribution is -2.39. The normalized spacial score (nSPS) is 11.8. The standard InChI is InChI=1S/C14H17ClN4O2S/c1-9-8-22-13(18-9)10(2)19-14(20)17-6-7-21-12-11(15)4-3-5-16-12/h3-5,8,10H,6-7H2,1-2H3,(H2,17,19,20). The molecule has 118 valence electrons. The van der Waals surface area contributed by atoms with Crippen LogP contribution in [0.4, 0.5) is 4.79 Å². The van der Waals surface area contributed by atoms with Crippen LogP contribution in [0.5, 0.6) is 5.88 Å². The largest absolute Gasteiger partial charge is 0.475 e. The van der Waals surface area contributed by atoms with E-state index in [-0.39, 0.29) is 18.7 Å². The number of thiazole rings is 1. The van der Waals surface area contributed by atoms with Crippen LogP contribution in [0.1, 0.15) is 23.7 Å². The molecule has 2 aromatic rings. The van der Waals surface area contributed by atoms with Gasteiger partial charge in [-0.3, -0.25) is 0 Å². The second-order valence-electron chi connectivity index (χ2n) is 4.59. The maximum Gasteiger partial charge on any atom is 0.315 e. The number of hydrogen-bond donors (Lipinski definition) is 2. The molecule has 6 nitrogen and oxygen atoms in total. The zero-order chi connectivity index (χ0) is 15.9. The molecule has 0 radical (unpaired) electrons. The van der Waals surface area contributed by atoms with Gasteiger partial charge in [-0.15, -0.1) is 11.3 Å². The summed E-state index contributed by atoms with van der Waals surface area (Å²) in [6.07, 6.45) is 1.60. The van der Waals surface area contributed by atoms with E-state index in [1.54, 1.807) is 18.3 Å². The van der Waals surface area contributed by atoms with Crippen LogP contribution in [-0.4, -0.2) is 29.2 Å². The molecule has 2 N–H and O–H groups in total. The summed E-state index contributed by atoms with van der Waals surface area (Å²) in [4.78, 5) is 20.1. The lowest BCUT2D eigenvalue weighted by atomic mass is 10.3. The SMILES string of the molecule is Cc1csc(C(C)NC(=O)NCCOc2ncccc2Cl)n1. The molecule has 0 aliphatic heterocycles. The quantitative estimate of drug-likeness (QED) is 0.793. The van der Waals surface area contributed by atoms with Gasteiger partial charge < -0.3 is 15.4 Å². The fraction of sp³-hybridized carbons (Fsp3) is 0.357. The Labute approximate surface area is 137 Å². The number of carbonyl (C=O) groups excluding carboxylic acids is 1. The lowest BCUT2D eigenvalue weighted by Gasteiger charge is -2.12. The predicted molar refractivity (Wildman–Crippen MR) is 86.5 cm³/mol. The van der Waals surface area contributed by atoms with Crippen molar-refractivity contribution in [1.82, 2.24) is 20.6 Å². The minimum atomic E-state index is -0.268. The Hall–Kier alpha value is -1.86. The number of carbonyl (C=O) groups is 1. The van der Waals surface area contributed by atoms with Gasteiger partial charge in [-0.25, -0.2) is 14.8 Å². The highest BCUT2D eigenvalue weighted by Crippen LogP contribution is 2.19. The predicted octanol–water partition coefficient (Wildman–Crippen LogP) is 2.94. The molecule has 0 aromatic carbocycles. The molecular weight excluding hydrogens is 324 g/mol. The zero-order valence-corrected chi connectivity index (χ0v) is 13.9. The van der Waals surface area contributed by atoms with Crippen LogP contribution in [0.2, 0.25) is 5.02 Å². The molecular formula is C14H17ClN4O2S. The van der Waals surface area contributed by atoms with E-state index in [1.165, 1.54) is 11.3 Å². The summed E-state index contributed by atoms with van der Waals surface area (Å²) in [6.45, 7) is 4.45. The van der Waals surface area contributed by atoms with Crippen molar-refractivity contribution < 1.29 is 9.53 Å². The van der Waals surface area contributed by atoms with E-state index < -0.39 is 0 Å². The second kappa shape index (κ2) is 7.95. The Morgan fingerprint density at radius 1 is 1.55 bits per heavy atom. The Morgan fingerprint density at radius 2 is 2.36 bits per heavy atom. The zero-order valence-electron chi connectivity index (χ0n) is 12.3. The van der Waals surface area contributed by atoms with Crippen molar-refractivity contribution in [3.05, 3.63) is 39.4 Å². The molecule has 0 aliphatic carbocycles. The number of nitrogens with zero attached hydrogens (tertiary/aromatic N) is 2. The van der Waals surface area contributed by atoms with Gasteiger partial charge in [-0.05, 0) is 26.0 Å². The average Bonchev–Trinajstić information content (AvgIpc) is 2.92. The molecule has 2 aromatic heterocycles. The maximum absolute atomic E-state index is 11.8. The van der Waals surface area contributed by atoms with Crippen molar-refractivity contribution in [2.24, 2.45) is 0 Å². The molecule has 0 aliphatic rings. The first kappa shape index (κ1) is 16.5. The van der Waals surface area contributed by atoms with Gasteiger partial charge in [0.15, 0.2) is 0 Å². The highest BCUT2D eigenvalue weighted by molar-refractivity contribution is 7.09. The lowest BCUT2D eigenvalue weighted by molar-refractivity contribution is 0.233. The Kier molecular flexibility index (Phi) is 5.97. The van der Waals surface area contributed by atoms with E-state index in [2.05, 4.69) is 20.6 Å². The Morgan fingerprint density at radius 3 is 3.05 bits per heavy atom. The fourth-order valence-electron chi connectivity index (χ4n) is 1.67. The monoisotopic (exact) mass is 340 g/mol. The van der Waals surface area contributed by atoms with Gasteiger partial charge in [0.25, 0.3) is 0 Å². The Balaban J connectivity index is 1.69. The molecule has 0 saturated carbocycles. The molecule has 1 unspecified atom stereocenters. The first-order valence-corrected chi connectivity index (χ1v) is 8.01. The number of amides is 2. The number of nitrogens with one attached hydrogen (secondary N) is 2. The number of pyridine rings is 1. The van der Waals surface area contributed by atoms with Crippen molar-refractivity contribution >= 4 is 29.0 Å². The van der Waals surface area contributed by atoms with Crippen molar-refractivity contribution in [2.45, 2.75) is 19.9 Å². The van der Waals surface area contributed by atoms with E-state index in [4.69, 9.17) is 16.3 Å². The van der Waals surface area contributed by atoms with Crippen LogP contribution in [0.15, 0.2) is 23.7 Å². The smallest absolute Gasteiger partial charge is 0.315 e. The van der Waals surface area contributed by atoms with E-state index in [1.807, 2.05) is 19.2 Å². The van der Waals surface area contributed by atoms with E-state index in [0.29, 0.717) is 17.4 Å². The van der Waals surface area contributed by atoms with Crippen LogP contribution in [0.25, 0.3) is 0 Å². The van der Waals surface area contributed by atoms with Crippen molar-refractivity contribution in [2.75, 3.05) is 13.2 Å². The maximum atomic E-state index is 11.8. The molecule has 0 spiro atoms. The Bertz CT molecular complexity index is 635. The number of rotatable bonds is 6. The van der Waals surface area contributed by atoms with E-state index in [9.17, 15) is 4.79 Å². The minimum absolute atomic E-state index is 0.134. The molecule has 0 fully saturated rings. The van der Waals surface area contributed by atoms with Gasteiger partial charge >= 0.3 is 6.03 Å². The number of aryl methyl sites for hydroxylation is 1. The highest BCUT2D eigenvalue weighted by atomic mass is 35.5. The third kappa shape index (κ3) is 4.85. The number of hydrogen-bond acceptors (Lipinski definition) is 5. The van der Waals surface area contributed by atoms with Crippen LogP contribution in [-0.2, 0) is 0 Å². The van der Waals surface area contributed by atoms with Crippen LogP contribution in [0.3, 0.4) is 0 Å². The number of ether oxygens (including phenoxy) is 1. The first-order chi connectivity index (χ1) is 10.6. The molecule has 8 heteroatoms. The third-order valence-corrected chi connectivity index (χ3v) is 4.14. The van der Waals surface area contributed by atoms with Gasteiger partial charge in [0.05, 0.1) is 12.6 Å². The molecule has 2 amide bonds. The average molecular weight is 341 g/mol. The van der Waals surface area contributed by atoms with Crippen molar-refractivity contribution in [1.29, 1.82) is 0 Å². The van der Waals surface area contributed by atoms with Crippen molar-refractivity contribution in [3.8, 4) is 5.88 Å². The molecule has 1 atom stereocenters. The molecule has 2 rings (SSSR count). The summed E-state index contributed by atoms with van der Waals surface area (Å²) in [5.41, 5.74) is 0.953. The van der Waals surface area contributed by atoms with Crippen LogP contribution < -0.4 is 15.4 Å². The first-order valence-electron chi connectivity index (χ1n) is 6.76.